The lowest BCUT2D eigenvalue weighted by molar-refractivity contribution is -0.175. The topological polar surface area (TPSA) is 36.9 Å². The molecular weight excluding hydrogens is 337 g/mol. The number of hydroxylamine groups is 1. The molecule has 2 fully saturated rings. The summed E-state index contributed by atoms with van der Waals surface area (Å²) in [5.41, 5.74) is 2.64. The molecule has 1 aromatic heterocycles. The van der Waals surface area contributed by atoms with Gasteiger partial charge in [-0.15, -0.1) is 11.3 Å². The Labute approximate surface area is 150 Å². The van der Waals surface area contributed by atoms with Crippen LogP contribution in [0, 0.1) is 23.6 Å². The van der Waals surface area contributed by atoms with Crippen molar-refractivity contribution in [1.29, 1.82) is 0 Å². The zero-order chi connectivity index (χ0) is 17.2. The van der Waals surface area contributed by atoms with Crippen molar-refractivity contribution in [3.63, 3.8) is 0 Å². The Bertz CT molecular complexity index is 861. The molecule has 4 heterocycles. The number of halogens is 1. The Morgan fingerprint density at radius 3 is 3.04 bits per heavy atom. The van der Waals surface area contributed by atoms with Crippen LogP contribution in [-0.2, 0) is 4.84 Å². The summed E-state index contributed by atoms with van der Waals surface area (Å²) in [7, 11) is 0. The highest BCUT2D eigenvalue weighted by atomic mass is 32.1. The summed E-state index contributed by atoms with van der Waals surface area (Å²) in [5, 5.41) is 1.04. The Kier molecular flexibility index (Phi) is 3.46. The van der Waals surface area contributed by atoms with Gasteiger partial charge in [-0.3, -0.25) is 0 Å². The molecule has 0 radical (unpaired) electrons. The molecule has 0 saturated carbocycles. The number of nitrogens with one attached hydrogen (secondary N) is 1. The molecule has 1 N–H and O–H groups in total. The number of hydrogen-bond acceptors (Lipinski definition) is 5. The van der Waals surface area contributed by atoms with Gasteiger partial charge in [0.2, 0.25) is 0 Å². The third kappa shape index (κ3) is 2.42. The molecule has 3 aliphatic heterocycles. The van der Waals surface area contributed by atoms with Crippen LogP contribution in [0.4, 0.5) is 4.39 Å². The second-order valence-electron chi connectivity index (χ2n) is 7.87. The fraction of sp³-hybridized carbons (Fsp3) is 0.526. The van der Waals surface area contributed by atoms with Crippen LogP contribution in [0.2, 0.25) is 0 Å². The largest absolute Gasteiger partial charge is 0.302 e. The van der Waals surface area contributed by atoms with E-state index in [9.17, 15) is 4.39 Å². The van der Waals surface area contributed by atoms with Gasteiger partial charge in [-0.05, 0) is 35.9 Å². The molecule has 4 nitrogen and oxygen atoms in total. The zero-order valence-corrected chi connectivity index (χ0v) is 15.3. The van der Waals surface area contributed by atoms with Crippen LogP contribution in [0.3, 0.4) is 0 Å². The molecule has 1 aromatic carbocycles. The molecule has 2 bridgehead atoms. The van der Waals surface area contributed by atoms with Gasteiger partial charge in [0.05, 0.1) is 4.88 Å². The first kappa shape index (κ1) is 15.7. The second-order valence-corrected chi connectivity index (χ2v) is 8.95. The minimum absolute atomic E-state index is 0.202. The van der Waals surface area contributed by atoms with Gasteiger partial charge < -0.3 is 4.90 Å². The van der Waals surface area contributed by atoms with Crippen molar-refractivity contribution in [1.82, 2.24) is 10.4 Å². The maximum Gasteiger partial charge on any atom is 0.195 e. The lowest BCUT2D eigenvalue weighted by atomic mass is 9.74. The minimum atomic E-state index is -0.470. The first-order chi connectivity index (χ1) is 12.0. The molecule has 6 heteroatoms. The third-order valence-corrected chi connectivity index (χ3v) is 6.98. The number of hydrogen-bond donors (Lipinski definition) is 1. The van der Waals surface area contributed by atoms with Crippen LogP contribution < -0.4 is 5.48 Å². The highest BCUT2D eigenvalue weighted by Crippen LogP contribution is 2.45. The highest BCUT2D eigenvalue weighted by Gasteiger charge is 2.54. The number of aliphatic imine (C=N–C) groups is 1. The van der Waals surface area contributed by atoms with Crippen LogP contribution in [0.5, 0.6) is 0 Å². The molecule has 1 spiro atoms. The van der Waals surface area contributed by atoms with E-state index in [1.54, 1.807) is 17.4 Å². The SMILES string of the molecule is CC1CC2CN(C1)CC(C)C21N=C(c2cc3ccc(F)cc3s2)NO1. The maximum absolute atomic E-state index is 13.5. The summed E-state index contributed by atoms with van der Waals surface area (Å²) in [6, 6.07) is 6.97. The number of piperidine rings is 2. The first-order valence-corrected chi connectivity index (χ1v) is 9.81. The highest BCUT2D eigenvalue weighted by molar-refractivity contribution is 7.20. The van der Waals surface area contributed by atoms with E-state index in [1.807, 2.05) is 6.07 Å². The molecule has 5 rings (SSSR count). The number of thiophene rings is 1. The summed E-state index contributed by atoms with van der Waals surface area (Å²) >= 11 is 1.56. The fourth-order valence-electron chi connectivity index (χ4n) is 4.79. The second kappa shape index (κ2) is 5.50. The molecule has 2 saturated heterocycles. The van der Waals surface area contributed by atoms with Crippen molar-refractivity contribution in [2.75, 3.05) is 19.6 Å². The molecule has 25 heavy (non-hydrogen) atoms. The number of rotatable bonds is 1. The third-order valence-electron chi connectivity index (χ3n) is 5.87. The van der Waals surface area contributed by atoms with Crippen LogP contribution in [-0.4, -0.2) is 36.1 Å². The zero-order valence-electron chi connectivity index (χ0n) is 14.5. The molecule has 3 aliphatic rings. The quantitative estimate of drug-likeness (QED) is 0.845. The van der Waals surface area contributed by atoms with E-state index >= 15 is 0 Å². The standard InChI is InChI=1S/C19H22FN3OS/c1-11-5-14-10-23(8-11)9-12(2)19(14)21-18(22-24-19)17-6-13-3-4-15(20)7-16(13)25-17/h3-4,6-7,11-12,14H,5,8-10H2,1-2H3,(H,21,22). The summed E-state index contributed by atoms with van der Waals surface area (Å²) in [6.45, 7) is 7.82. The molecule has 0 amide bonds. The van der Waals surface area contributed by atoms with Gasteiger partial charge in [0.1, 0.15) is 5.82 Å². The molecule has 132 valence electrons. The Morgan fingerprint density at radius 2 is 2.16 bits per heavy atom. The minimum Gasteiger partial charge on any atom is -0.302 e. The van der Waals surface area contributed by atoms with Crippen molar-refractivity contribution < 1.29 is 9.23 Å². The Hall–Kier alpha value is -1.50. The maximum atomic E-state index is 13.5. The van der Waals surface area contributed by atoms with Crippen LogP contribution in [0.25, 0.3) is 10.1 Å². The van der Waals surface area contributed by atoms with Crippen molar-refractivity contribution >= 4 is 27.3 Å². The predicted octanol–water partition coefficient (Wildman–Crippen LogP) is 3.63. The summed E-state index contributed by atoms with van der Waals surface area (Å²) < 4.78 is 14.4. The Balaban J connectivity index is 1.53. The normalized spacial score (nSPS) is 37.3. The van der Waals surface area contributed by atoms with E-state index in [2.05, 4.69) is 30.3 Å². The molecule has 2 aromatic rings. The van der Waals surface area contributed by atoms with Gasteiger partial charge in [0, 0.05) is 36.2 Å². The van der Waals surface area contributed by atoms with Crippen molar-refractivity contribution in [2.24, 2.45) is 22.7 Å². The molecule has 0 aliphatic carbocycles. The van der Waals surface area contributed by atoms with E-state index in [1.165, 1.54) is 12.6 Å². The number of benzene rings is 1. The smallest absolute Gasteiger partial charge is 0.195 e. The number of amidine groups is 1. The van der Waals surface area contributed by atoms with Gasteiger partial charge in [0.15, 0.2) is 11.6 Å². The van der Waals surface area contributed by atoms with E-state index in [0.29, 0.717) is 17.8 Å². The monoisotopic (exact) mass is 359 g/mol. The first-order valence-electron chi connectivity index (χ1n) is 8.99. The number of nitrogens with zero attached hydrogens (tertiary/aromatic N) is 2. The van der Waals surface area contributed by atoms with Gasteiger partial charge in [-0.1, -0.05) is 19.9 Å². The lowest BCUT2D eigenvalue weighted by Crippen LogP contribution is -2.60. The van der Waals surface area contributed by atoms with E-state index < -0.39 is 5.72 Å². The molecule has 5 atom stereocenters. The van der Waals surface area contributed by atoms with E-state index in [-0.39, 0.29) is 5.82 Å². The summed E-state index contributed by atoms with van der Waals surface area (Å²) in [6.07, 6.45) is 1.15. The average molecular weight is 359 g/mol. The van der Waals surface area contributed by atoms with Gasteiger partial charge in [-0.2, -0.15) is 0 Å². The van der Waals surface area contributed by atoms with E-state index in [4.69, 9.17) is 9.83 Å². The van der Waals surface area contributed by atoms with Gasteiger partial charge in [-0.25, -0.2) is 19.7 Å². The molecular formula is C19H22FN3OS. The van der Waals surface area contributed by atoms with Crippen molar-refractivity contribution in [3.8, 4) is 0 Å². The Morgan fingerprint density at radius 1 is 1.28 bits per heavy atom. The number of fused-ring (bicyclic) bond motifs is 4. The predicted molar refractivity (Wildman–Crippen MR) is 98.1 cm³/mol. The fourth-order valence-corrected chi connectivity index (χ4v) is 5.82. The molecule has 5 unspecified atom stereocenters. The van der Waals surface area contributed by atoms with Crippen LogP contribution in [0.15, 0.2) is 29.3 Å². The summed E-state index contributed by atoms with van der Waals surface area (Å²) in [4.78, 5) is 14.8. The van der Waals surface area contributed by atoms with Crippen molar-refractivity contribution in [2.45, 2.75) is 26.0 Å². The van der Waals surface area contributed by atoms with Gasteiger partial charge in [0.25, 0.3) is 0 Å². The van der Waals surface area contributed by atoms with Crippen molar-refractivity contribution in [3.05, 3.63) is 35.0 Å². The van der Waals surface area contributed by atoms with Crippen LogP contribution >= 0.6 is 11.3 Å². The van der Waals surface area contributed by atoms with E-state index in [0.717, 1.165) is 40.3 Å². The van der Waals surface area contributed by atoms with Crippen LogP contribution in [0.1, 0.15) is 25.1 Å². The average Bonchev–Trinajstić information content (AvgIpc) is 3.17. The lowest BCUT2D eigenvalue weighted by Gasteiger charge is -2.51. The van der Waals surface area contributed by atoms with Gasteiger partial charge >= 0.3 is 0 Å². The summed E-state index contributed by atoms with van der Waals surface area (Å²) in [5.74, 6) is 2.03.